The standard InChI is InChI=1S/C16H18FNS/c1-11-3-6-16(12(2)7-11)19-10-14-5-4-13(9-18)8-15(14)17/h3-8H,9-10,18H2,1-2H3. The lowest BCUT2D eigenvalue weighted by molar-refractivity contribution is 0.615. The summed E-state index contributed by atoms with van der Waals surface area (Å²) in [6, 6.07) is 11.6. The summed E-state index contributed by atoms with van der Waals surface area (Å²) in [5, 5.41) is 0. The van der Waals surface area contributed by atoms with Crippen LogP contribution in [0.3, 0.4) is 0 Å². The molecule has 0 bridgehead atoms. The summed E-state index contributed by atoms with van der Waals surface area (Å²) >= 11 is 1.67. The van der Waals surface area contributed by atoms with Gasteiger partial charge < -0.3 is 5.73 Å². The molecule has 3 heteroatoms. The maximum absolute atomic E-state index is 13.8. The summed E-state index contributed by atoms with van der Waals surface area (Å²) in [5.41, 5.74) is 9.54. The third kappa shape index (κ3) is 3.58. The van der Waals surface area contributed by atoms with Crippen LogP contribution in [0.25, 0.3) is 0 Å². The molecule has 0 saturated carbocycles. The molecule has 0 saturated heterocycles. The molecule has 0 amide bonds. The molecule has 2 rings (SSSR count). The van der Waals surface area contributed by atoms with E-state index in [9.17, 15) is 4.39 Å². The first kappa shape index (κ1) is 14.1. The Bertz CT molecular complexity index is 581. The number of hydrogen-bond acceptors (Lipinski definition) is 2. The zero-order chi connectivity index (χ0) is 13.8. The Kier molecular flexibility index (Phi) is 4.61. The van der Waals surface area contributed by atoms with Crippen LogP contribution in [-0.2, 0) is 12.3 Å². The number of aryl methyl sites for hydroxylation is 2. The number of hydrogen-bond donors (Lipinski definition) is 1. The predicted octanol–water partition coefficient (Wildman–Crippen LogP) is 4.19. The van der Waals surface area contributed by atoms with Crippen LogP contribution in [0.5, 0.6) is 0 Å². The fraction of sp³-hybridized carbons (Fsp3) is 0.250. The third-order valence-corrected chi connectivity index (χ3v) is 4.29. The zero-order valence-corrected chi connectivity index (χ0v) is 12.1. The molecule has 0 aliphatic rings. The highest BCUT2D eigenvalue weighted by molar-refractivity contribution is 7.98. The normalized spacial score (nSPS) is 10.7. The van der Waals surface area contributed by atoms with E-state index < -0.39 is 0 Å². The lowest BCUT2D eigenvalue weighted by Crippen LogP contribution is -1.98. The van der Waals surface area contributed by atoms with Gasteiger partial charge in [0.2, 0.25) is 0 Å². The van der Waals surface area contributed by atoms with Crippen molar-refractivity contribution in [2.45, 2.75) is 31.0 Å². The second-order valence-electron chi connectivity index (χ2n) is 4.69. The molecule has 0 fully saturated rings. The summed E-state index contributed by atoms with van der Waals surface area (Å²) < 4.78 is 13.8. The Labute approximate surface area is 118 Å². The predicted molar refractivity (Wildman–Crippen MR) is 79.8 cm³/mol. The minimum atomic E-state index is -0.166. The number of rotatable bonds is 4. The molecular formula is C16H18FNS. The van der Waals surface area contributed by atoms with Gasteiger partial charge in [-0.1, -0.05) is 29.8 Å². The van der Waals surface area contributed by atoms with Crippen LogP contribution in [0.15, 0.2) is 41.3 Å². The van der Waals surface area contributed by atoms with E-state index in [-0.39, 0.29) is 5.82 Å². The van der Waals surface area contributed by atoms with Crippen LogP contribution in [0.4, 0.5) is 4.39 Å². The van der Waals surface area contributed by atoms with E-state index in [0.717, 1.165) is 11.1 Å². The molecule has 0 aliphatic carbocycles. The van der Waals surface area contributed by atoms with Crippen LogP contribution >= 0.6 is 11.8 Å². The maximum atomic E-state index is 13.8. The summed E-state index contributed by atoms with van der Waals surface area (Å²) in [7, 11) is 0. The van der Waals surface area contributed by atoms with Gasteiger partial charge in [0.15, 0.2) is 0 Å². The van der Waals surface area contributed by atoms with Gasteiger partial charge in [0, 0.05) is 17.2 Å². The van der Waals surface area contributed by atoms with Crippen molar-refractivity contribution in [3.63, 3.8) is 0 Å². The monoisotopic (exact) mass is 275 g/mol. The highest BCUT2D eigenvalue weighted by Gasteiger charge is 2.05. The molecule has 0 aromatic heterocycles. The van der Waals surface area contributed by atoms with Gasteiger partial charge in [-0.15, -0.1) is 11.8 Å². The van der Waals surface area contributed by atoms with Crippen LogP contribution < -0.4 is 5.73 Å². The Balaban J connectivity index is 2.10. The number of nitrogens with two attached hydrogens (primary N) is 1. The van der Waals surface area contributed by atoms with Crippen molar-refractivity contribution in [1.29, 1.82) is 0 Å². The van der Waals surface area contributed by atoms with Crippen molar-refractivity contribution in [2.75, 3.05) is 0 Å². The van der Waals surface area contributed by atoms with Crippen LogP contribution in [0, 0.1) is 19.7 Å². The van der Waals surface area contributed by atoms with Crippen molar-refractivity contribution in [3.05, 3.63) is 64.5 Å². The van der Waals surface area contributed by atoms with Gasteiger partial charge in [-0.2, -0.15) is 0 Å². The Morgan fingerprint density at radius 1 is 1.11 bits per heavy atom. The first-order valence-corrected chi connectivity index (χ1v) is 7.26. The Hall–Kier alpha value is -1.32. The molecule has 100 valence electrons. The van der Waals surface area contributed by atoms with Gasteiger partial charge in [-0.05, 0) is 42.7 Å². The average molecular weight is 275 g/mol. The van der Waals surface area contributed by atoms with E-state index >= 15 is 0 Å². The topological polar surface area (TPSA) is 26.0 Å². The molecule has 2 aromatic rings. The van der Waals surface area contributed by atoms with Gasteiger partial charge in [0.25, 0.3) is 0 Å². The summed E-state index contributed by atoms with van der Waals surface area (Å²) in [5.74, 6) is 0.473. The van der Waals surface area contributed by atoms with Crippen LogP contribution in [-0.4, -0.2) is 0 Å². The molecule has 0 aliphatic heterocycles. The second kappa shape index (κ2) is 6.22. The highest BCUT2D eigenvalue weighted by atomic mass is 32.2. The summed E-state index contributed by atoms with van der Waals surface area (Å²) in [4.78, 5) is 1.20. The van der Waals surface area contributed by atoms with Gasteiger partial charge in [0.1, 0.15) is 5.82 Å². The molecular weight excluding hydrogens is 257 g/mol. The Morgan fingerprint density at radius 2 is 1.89 bits per heavy atom. The van der Waals surface area contributed by atoms with E-state index in [4.69, 9.17) is 5.73 Å². The quantitative estimate of drug-likeness (QED) is 0.847. The Morgan fingerprint density at radius 3 is 2.53 bits per heavy atom. The average Bonchev–Trinajstić information content (AvgIpc) is 2.39. The molecule has 2 N–H and O–H groups in total. The smallest absolute Gasteiger partial charge is 0.127 e. The lowest BCUT2D eigenvalue weighted by Gasteiger charge is -2.08. The SMILES string of the molecule is Cc1ccc(SCc2ccc(CN)cc2F)c(C)c1. The van der Waals surface area contributed by atoms with E-state index in [1.807, 2.05) is 12.1 Å². The molecule has 1 nitrogen and oxygen atoms in total. The zero-order valence-electron chi connectivity index (χ0n) is 11.2. The molecule has 0 radical (unpaired) electrons. The van der Waals surface area contributed by atoms with E-state index in [1.54, 1.807) is 11.8 Å². The second-order valence-corrected chi connectivity index (χ2v) is 5.70. The van der Waals surface area contributed by atoms with E-state index in [0.29, 0.717) is 12.3 Å². The van der Waals surface area contributed by atoms with Crippen molar-refractivity contribution in [3.8, 4) is 0 Å². The number of benzene rings is 2. The first-order chi connectivity index (χ1) is 9.10. The molecule has 19 heavy (non-hydrogen) atoms. The van der Waals surface area contributed by atoms with Gasteiger partial charge >= 0.3 is 0 Å². The van der Waals surface area contributed by atoms with Gasteiger partial charge in [-0.25, -0.2) is 4.39 Å². The van der Waals surface area contributed by atoms with Crippen molar-refractivity contribution in [2.24, 2.45) is 5.73 Å². The first-order valence-electron chi connectivity index (χ1n) is 6.27. The lowest BCUT2D eigenvalue weighted by atomic mass is 10.1. The number of halogens is 1. The van der Waals surface area contributed by atoms with Crippen LogP contribution in [0.1, 0.15) is 22.3 Å². The van der Waals surface area contributed by atoms with E-state index in [2.05, 4.69) is 32.0 Å². The minimum Gasteiger partial charge on any atom is -0.326 e. The van der Waals surface area contributed by atoms with Gasteiger partial charge in [0.05, 0.1) is 0 Å². The van der Waals surface area contributed by atoms with Crippen molar-refractivity contribution < 1.29 is 4.39 Å². The van der Waals surface area contributed by atoms with E-state index in [1.165, 1.54) is 22.1 Å². The maximum Gasteiger partial charge on any atom is 0.127 e. The minimum absolute atomic E-state index is 0.166. The number of thioether (sulfide) groups is 1. The molecule has 0 unspecified atom stereocenters. The van der Waals surface area contributed by atoms with Crippen molar-refractivity contribution >= 4 is 11.8 Å². The molecule has 0 heterocycles. The fourth-order valence-electron chi connectivity index (χ4n) is 1.95. The molecule has 0 spiro atoms. The summed E-state index contributed by atoms with van der Waals surface area (Å²) in [6.07, 6.45) is 0. The molecule has 0 atom stereocenters. The summed E-state index contributed by atoms with van der Waals surface area (Å²) in [6.45, 7) is 4.54. The fourth-order valence-corrected chi connectivity index (χ4v) is 2.95. The highest BCUT2D eigenvalue weighted by Crippen LogP contribution is 2.27. The third-order valence-electron chi connectivity index (χ3n) is 3.07. The van der Waals surface area contributed by atoms with Crippen LogP contribution in [0.2, 0.25) is 0 Å². The van der Waals surface area contributed by atoms with Gasteiger partial charge in [-0.3, -0.25) is 0 Å². The van der Waals surface area contributed by atoms with Crippen molar-refractivity contribution in [1.82, 2.24) is 0 Å². The largest absolute Gasteiger partial charge is 0.326 e. The molecule has 2 aromatic carbocycles.